The van der Waals surface area contributed by atoms with E-state index < -0.39 is 10.0 Å². The number of anilines is 1. The normalized spacial score (nSPS) is 11.2. The Kier molecular flexibility index (Phi) is 6.46. The van der Waals surface area contributed by atoms with Crippen LogP contribution in [0.5, 0.6) is 0 Å². The first-order valence-electron chi connectivity index (χ1n) is 9.37. The Bertz CT molecular complexity index is 1090. The SMILES string of the molecule is Cc1ccc(C(=O)Nc2ccc(S(=O)(=O)NCCc3ccccc3)cc2)cc1C. The van der Waals surface area contributed by atoms with Gasteiger partial charge in [0.2, 0.25) is 10.0 Å². The van der Waals surface area contributed by atoms with Gasteiger partial charge in [0, 0.05) is 17.8 Å². The smallest absolute Gasteiger partial charge is 0.255 e. The van der Waals surface area contributed by atoms with Gasteiger partial charge in [-0.2, -0.15) is 0 Å². The fourth-order valence-corrected chi connectivity index (χ4v) is 3.89. The first kappa shape index (κ1) is 20.8. The molecule has 3 rings (SSSR count). The lowest BCUT2D eigenvalue weighted by Crippen LogP contribution is -2.26. The standard InChI is InChI=1S/C23H24N2O3S/c1-17-8-9-20(16-18(17)2)23(26)25-21-10-12-22(13-11-21)29(27,28)24-15-14-19-6-4-3-5-7-19/h3-13,16,24H,14-15H2,1-2H3,(H,25,26). The van der Waals surface area contributed by atoms with Crippen LogP contribution >= 0.6 is 0 Å². The third-order valence-corrected chi connectivity index (χ3v) is 6.22. The zero-order valence-corrected chi connectivity index (χ0v) is 17.3. The fourth-order valence-electron chi connectivity index (χ4n) is 2.86. The molecule has 0 unspecified atom stereocenters. The van der Waals surface area contributed by atoms with E-state index in [9.17, 15) is 13.2 Å². The molecule has 0 fully saturated rings. The minimum absolute atomic E-state index is 0.162. The van der Waals surface area contributed by atoms with Crippen LogP contribution in [0.25, 0.3) is 0 Å². The van der Waals surface area contributed by atoms with Crippen LogP contribution in [0.4, 0.5) is 5.69 Å². The molecule has 29 heavy (non-hydrogen) atoms. The number of hydrogen-bond acceptors (Lipinski definition) is 3. The van der Waals surface area contributed by atoms with Crippen molar-refractivity contribution in [1.29, 1.82) is 0 Å². The molecule has 2 N–H and O–H groups in total. The summed E-state index contributed by atoms with van der Waals surface area (Å²) in [6.45, 7) is 4.26. The quantitative estimate of drug-likeness (QED) is 0.619. The van der Waals surface area contributed by atoms with Gasteiger partial charge >= 0.3 is 0 Å². The molecule has 0 atom stereocenters. The first-order chi connectivity index (χ1) is 13.8. The Labute approximate surface area is 171 Å². The third-order valence-electron chi connectivity index (χ3n) is 4.74. The van der Waals surface area contributed by atoms with Gasteiger partial charge in [0.05, 0.1) is 4.90 Å². The molecule has 3 aromatic carbocycles. The number of rotatable bonds is 7. The van der Waals surface area contributed by atoms with E-state index in [4.69, 9.17) is 0 Å². The summed E-state index contributed by atoms with van der Waals surface area (Å²) in [7, 11) is -3.60. The van der Waals surface area contributed by atoms with Crippen molar-refractivity contribution >= 4 is 21.6 Å². The summed E-state index contributed by atoms with van der Waals surface area (Å²) in [6.07, 6.45) is 0.615. The van der Waals surface area contributed by atoms with Crippen molar-refractivity contribution in [2.75, 3.05) is 11.9 Å². The van der Waals surface area contributed by atoms with Crippen LogP contribution in [0.3, 0.4) is 0 Å². The summed E-state index contributed by atoms with van der Waals surface area (Å²) in [6, 6.07) is 21.4. The predicted molar refractivity (Wildman–Crippen MR) is 116 cm³/mol. The number of hydrogen-bond donors (Lipinski definition) is 2. The summed E-state index contributed by atoms with van der Waals surface area (Å²) in [5.74, 6) is -0.232. The van der Waals surface area contributed by atoms with Gasteiger partial charge in [0.1, 0.15) is 0 Å². The molecule has 0 aliphatic rings. The van der Waals surface area contributed by atoms with E-state index in [-0.39, 0.29) is 10.8 Å². The van der Waals surface area contributed by atoms with Gasteiger partial charge in [-0.05, 0) is 73.4 Å². The van der Waals surface area contributed by atoms with Crippen molar-refractivity contribution in [2.45, 2.75) is 25.2 Å². The highest BCUT2D eigenvalue weighted by Crippen LogP contribution is 2.16. The number of sulfonamides is 1. The van der Waals surface area contributed by atoms with E-state index in [2.05, 4.69) is 10.0 Å². The van der Waals surface area contributed by atoms with Gasteiger partial charge in [-0.3, -0.25) is 4.79 Å². The second kappa shape index (κ2) is 9.03. The van der Waals surface area contributed by atoms with E-state index in [1.54, 1.807) is 18.2 Å². The Morgan fingerprint density at radius 2 is 1.55 bits per heavy atom. The third kappa shape index (κ3) is 5.53. The maximum atomic E-state index is 12.4. The maximum absolute atomic E-state index is 12.4. The molecule has 0 spiro atoms. The first-order valence-corrected chi connectivity index (χ1v) is 10.9. The lowest BCUT2D eigenvalue weighted by Gasteiger charge is -2.09. The van der Waals surface area contributed by atoms with Crippen molar-refractivity contribution in [3.63, 3.8) is 0 Å². The highest BCUT2D eigenvalue weighted by atomic mass is 32.2. The summed E-state index contributed by atoms with van der Waals surface area (Å²) < 4.78 is 27.5. The maximum Gasteiger partial charge on any atom is 0.255 e. The van der Waals surface area contributed by atoms with Crippen LogP contribution in [0, 0.1) is 13.8 Å². The molecule has 0 aliphatic heterocycles. The van der Waals surface area contributed by atoms with Crippen LogP contribution < -0.4 is 10.0 Å². The lowest BCUT2D eigenvalue weighted by molar-refractivity contribution is 0.102. The van der Waals surface area contributed by atoms with Gasteiger partial charge in [-0.15, -0.1) is 0 Å². The Hall–Kier alpha value is -2.96. The van der Waals surface area contributed by atoms with Crippen LogP contribution in [0.15, 0.2) is 77.7 Å². The summed E-state index contributed by atoms with van der Waals surface area (Å²) in [5, 5.41) is 2.79. The minimum atomic E-state index is -3.60. The molecule has 0 saturated carbocycles. The largest absolute Gasteiger partial charge is 0.322 e. The van der Waals surface area contributed by atoms with Crippen molar-refractivity contribution in [1.82, 2.24) is 4.72 Å². The lowest BCUT2D eigenvalue weighted by atomic mass is 10.1. The van der Waals surface area contributed by atoms with Gasteiger partial charge in [0.25, 0.3) is 5.91 Å². The molecule has 150 valence electrons. The number of aryl methyl sites for hydroxylation is 2. The number of benzene rings is 3. The molecule has 0 bridgehead atoms. The molecule has 0 heterocycles. The molecule has 6 heteroatoms. The summed E-state index contributed by atoms with van der Waals surface area (Å²) in [4.78, 5) is 12.6. The van der Waals surface area contributed by atoms with Gasteiger partial charge in [-0.1, -0.05) is 36.4 Å². The molecule has 1 amide bonds. The van der Waals surface area contributed by atoms with E-state index in [1.807, 2.05) is 56.3 Å². The van der Waals surface area contributed by atoms with Gasteiger partial charge in [0.15, 0.2) is 0 Å². The Morgan fingerprint density at radius 1 is 0.862 bits per heavy atom. The fraction of sp³-hybridized carbons (Fsp3) is 0.174. The average Bonchev–Trinajstić information content (AvgIpc) is 2.71. The van der Waals surface area contributed by atoms with Gasteiger partial charge in [-0.25, -0.2) is 13.1 Å². The number of carbonyl (C=O) groups excluding carboxylic acids is 1. The van der Waals surface area contributed by atoms with E-state index in [0.717, 1.165) is 16.7 Å². The van der Waals surface area contributed by atoms with Crippen molar-refractivity contribution in [3.05, 3.63) is 95.1 Å². The Balaban J connectivity index is 1.61. The summed E-state index contributed by atoms with van der Waals surface area (Å²) >= 11 is 0. The average molecular weight is 409 g/mol. The minimum Gasteiger partial charge on any atom is -0.322 e. The zero-order valence-electron chi connectivity index (χ0n) is 16.5. The molecule has 0 aromatic heterocycles. The van der Waals surface area contributed by atoms with Crippen molar-refractivity contribution in [3.8, 4) is 0 Å². The van der Waals surface area contributed by atoms with E-state index >= 15 is 0 Å². The highest BCUT2D eigenvalue weighted by molar-refractivity contribution is 7.89. The van der Waals surface area contributed by atoms with Gasteiger partial charge < -0.3 is 5.32 Å². The number of carbonyl (C=O) groups is 1. The molecule has 0 saturated heterocycles. The molecule has 5 nitrogen and oxygen atoms in total. The van der Waals surface area contributed by atoms with Crippen LogP contribution in [-0.4, -0.2) is 20.9 Å². The van der Waals surface area contributed by atoms with Crippen LogP contribution in [0.1, 0.15) is 27.0 Å². The second-order valence-electron chi connectivity index (χ2n) is 6.91. The second-order valence-corrected chi connectivity index (χ2v) is 8.68. The zero-order chi connectivity index (χ0) is 20.9. The van der Waals surface area contributed by atoms with Crippen LogP contribution in [0.2, 0.25) is 0 Å². The summed E-state index contributed by atoms with van der Waals surface area (Å²) in [5.41, 5.74) is 4.33. The predicted octanol–water partition coefficient (Wildman–Crippen LogP) is 4.08. The molecular weight excluding hydrogens is 384 g/mol. The topological polar surface area (TPSA) is 75.3 Å². The van der Waals surface area contributed by atoms with Crippen molar-refractivity contribution < 1.29 is 13.2 Å². The van der Waals surface area contributed by atoms with Crippen molar-refractivity contribution in [2.24, 2.45) is 0 Å². The number of amides is 1. The molecule has 0 radical (unpaired) electrons. The molecular formula is C23H24N2O3S. The molecule has 3 aromatic rings. The monoisotopic (exact) mass is 408 g/mol. The van der Waals surface area contributed by atoms with E-state index in [1.165, 1.54) is 12.1 Å². The number of nitrogens with one attached hydrogen (secondary N) is 2. The highest BCUT2D eigenvalue weighted by Gasteiger charge is 2.14. The molecule has 0 aliphatic carbocycles. The van der Waals surface area contributed by atoms with E-state index in [0.29, 0.717) is 24.2 Å². The van der Waals surface area contributed by atoms with Crippen LogP contribution in [-0.2, 0) is 16.4 Å². The Morgan fingerprint density at radius 3 is 2.21 bits per heavy atom.